The fraction of sp³-hybridized carbons (Fsp3) is 0.333. The summed E-state index contributed by atoms with van der Waals surface area (Å²) in [5.41, 5.74) is 1.25. The van der Waals surface area contributed by atoms with Gasteiger partial charge in [0.05, 0.1) is 0 Å². The van der Waals surface area contributed by atoms with Gasteiger partial charge in [0.25, 0.3) is 0 Å². The van der Waals surface area contributed by atoms with Crippen LogP contribution in [0, 0.1) is 5.92 Å². The minimum atomic E-state index is 0.721. The third kappa shape index (κ3) is 2.35. The van der Waals surface area contributed by atoms with E-state index in [0.717, 1.165) is 12.5 Å². The number of benzene rings is 2. The molecule has 1 nitrogen and oxygen atoms in total. The highest BCUT2D eigenvalue weighted by Gasteiger charge is 2.01. The molecule has 16 heavy (non-hydrogen) atoms. The van der Waals surface area contributed by atoms with E-state index in [1.165, 1.54) is 22.9 Å². The summed E-state index contributed by atoms with van der Waals surface area (Å²) < 4.78 is 0. The van der Waals surface area contributed by atoms with Crippen molar-refractivity contribution in [1.29, 1.82) is 0 Å². The molecule has 2 aromatic rings. The topological polar surface area (TPSA) is 12.0 Å². The molecule has 0 aromatic heterocycles. The van der Waals surface area contributed by atoms with Crippen molar-refractivity contribution < 1.29 is 0 Å². The second kappa shape index (κ2) is 5.02. The summed E-state index contributed by atoms with van der Waals surface area (Å²) in [6.45, 7) is 5.55. The molecule has 0 heterocycles. The van der Waals surface area contributed by atoms with Gasteiger partial charge in [0.2, 0.25) is 0 Å². The molecule has 0 bridgehead atoms. The van der Waals surface area contributed by atoms with E-state index >= 15 is 0 Å². The van der Waals surface area contributed by atoms with Gasteiger partial charge in [-0.25, -0.2) is 0 Å². The molecule has 0 spiro atoms. The number of hydrogen-bond donors (Lipinski definition) is 1. The third-order valence-electron chi connectivity index (χ3n) is 3.13. The Morgan fingerprint density at radius 1 is 1.06 bits per heavy atom. The largest absolute Gasteiger partial charge is 0.384 e. The normalized spacial score (nSPS) is 12.6. The summed E-state index contributed by atoms with van der Waals surface area (Å²) >= 11 is 0. The van der Waals surface area contributed by atoms with Gasteiger partial charge in [-0.2, -0.15) is 0 Å². The quantitative estimate of drug-likeness (QED) is 0.798. The molecule has 2 aromatic carbocycles. The van der Waals surface area contributed by atoms with Gasteiger partial charge in [0.1, 0.15) is 0 Å². The summed E-state index contributed by atoms with van der Waals surface area (Å²) in [6, 6.07) is 14.9. The molecule has 0 radical (unpaired) electrons. The Balaban J connectivity index is 2.23. The van der Waals surface area contributed by atoms with Crippen LogP contribution < -0.4 is 5.32 Å². The van der Waals surface area contributed by atoms with E-state index < -0.39 is 0 Å². The zero-order valence-electron chi connectivity index (χ0n) is 10.0. The van der Waals surface area contributed by atoms with Crippen molar-refractivity contribution in [2.45, 2.75) is 20.3 Å². The van der Waals surface area contributed by atoms with Crippen LogP contribution in [-0.4, -0.2) is 6.54 Å². The Labute approximate surface area is 97.5 Å². The van der Waals surface area contributed by atoms with Crippen molar-refractivity contribution in [3.05, 3.63) is 42.5 Å². The highest BCUT2D eigenvalue weighted by Crippen LogP contribution is 2.23. The Hall–Kier alpha value is -1.50. The summed E-state index contributed by atoms with van der Waals surface area (Å²) in [5.74, 6) is 0.721. The number of nitrogens with one attached hydrogen (secondary N) is 1. The predicted octanol–water partition coefficient (Wildman–Crippen LogP) is 4.30. The standard InChI is InChI=1S/C15H19N/c1-3-12(2)11-16-15-10-6-8-13-7-4-5-9-14(13)15/h4-10,12,16H,3,11H2,1-2H3. The van der Waals surface area contributed by atoms with E-state index in [2.05, 4.69) is 61.6 Å². The predicted molar refractivity (Wildman–Crippen MR) is 71.9 cm³/mol. The average Bonchev–Trinajstić information content (AvgIpc) is 2.35. The SMILES string of the molecule is CCC(C)CNc1cccc2ccccc12. The van der Waals surface area contributed by atoms with Gasteiger partial charge in [0.15, 0.2) is 0 Å². The molecule has 1 unspecified atom stereocenters. The highest BCUT2D eigenvalue weighted by atomic mass is 14.9. The van der Waals surface area contributed by atoms with Gasteiger partial charge < -0.3 is 5.32 Å². The first-order valence-electron chi connectivity index (χ1n) is 6.03. The van der Waals surface area contributed by atoms with E-state index in [4.69, 9.17) is 0 Å². The molecule has 0 fully saturated rings. The molecule has 1 N–H and O–H groups in total. The number of rotatable bonds is 4. The van der Waals surface area contributed by atoms with Crippen LogP contribution in [0.3, 0.4) is 0 Å². The maximum atomic E-state index is 3.54. The smallest absolute Gasteiger partial charge is 0.0419 e. The van der Waals surface area contributed by atoms with E-state index in [0.29, 0.717) is 0 Å². The van der Waals surface area contributed by atoms with E-state index in [-0.39, 0.29) is 0 Å². The maximum absolute atomic E-state index is 3.54. The maximum Gasteiger partial charge on any atom is 0.0419 e. The van der Waals surface area contributed by atoms with E-state index in [1.54, 1.807) is 0 Å². The second-order valence-electron chi connectivity index (χ2n) is 4.42. The molecule has 0 aliphatic carbocycles. The van der Waals surface area contributed by atoms with Crippen LogP contribution in [0.15, 0.2) is 42.5 Å². The first-order valence-corrected chi connectivity index (χ1v) is 6.03. The van der Waals surface area contributed by atoms with Crippen LogP contribution in [0.2, 0.25) is 0 Å². The van der Waals surface area contributed by atoms with Gasteiger partial charge in [-0.1, -0.05) is 56.7 Å². The third-order valence-corrected chi connectivity index (χ3v) is 3.13. The van der Waals surface area contributed by atoms with Crippen LogP contribution >= 0.6 is 0 Å². The fourth-order valence-corrected chi connectivity index (χ4v) is 1.81. The van der Waals surface area contributed by atoms with Crippen molar-refractivity contribution in [3.8, 4) is 0 Å². The van der Waals surface area contributed by atoms with E-state index in [1.807, 2.05) is 0 Å². The highest BCUT2D eigenvalue weighted by molar-refractivity contribution is 5.93. The summed E-state index contributed by atoms with van der Waals surface area (Å²) in [7, 11) is 0. The van der Waals surface area contributed by atoms with Gasteiger partial charge in [-0.3, -0.25) is 0 Å². The molecule has 1 heteroatoms. The van der Waals surface area contributed by atoms with Gasteiger partial charge in [-0.05, 0) is 17.4 Å². The minimum Gasteiger partial charge on any atom is -0.384 e. The molecule has 2 rings (SSSR count). The molecular formula is C15H19N. The lowest BCUT2D eigenvalue weighted by Crippen LogP contribution is -2.10. The van der Waals surface area contributed by atoms with Crippen molar-refractivity contribution in [2.75, 3.05) is 11.9 Å². The lowest BCUT2D eigenvalue weighted by Gasteiger charge is -2.13. The molecule has 0 aliphatic heterocycles. The number of fused-ring (bicyclic) bond motifs is 1. The molecule has 0 saturated heterocycles. The Kier molecular flexibility index (Phi) is 3.45. The lowest BCUT2D eigenvalue weighted by molar-refractivity contribution is 0.594. The molecule has 0 amide bonds. The van der Waals surface area contributed by atoms with Gasteiger partial charge >= 0.3 is 0 Å². The molecular weight excluding hydrogens is 194 g/mol. The monoisotopic (exact) mass is 213 g/mol. The van der Waals surface area contributed by atoms with Crippen LogP contribution in [-0.2, 0) is 0 Å². The Morgan fingerprint density at radius 3 is 2.62 bits per heavy atom. The first-order chi connectivity index (χ1) is 7.81. The summed E-state index contributed by atoms with van der Waals surface area (Å²) in [4.78, 5) is 0. The Bertz CT molecular complexity index is 456. The molecule has 0 aliphatic rings. The van der Waals surface area contributed by atoms with Crippen molar-refractivity contribution in [3.63, 3.8) is 0 Å². The lowest BCUT2D eigenvalue weighted by atomic mass is 10.1. The number of anilines is 1. The van der Waals surface area contributed by atoms with Crippen LogP contribution in [0.25, 0.3) is 10.8 Å². The molecule has 1 atom stereocenters. The summed E-state index contributed by atoms with van der Waals surface area (Å²) in [5, 5.41) is 6.15. The minimum absolute atomic E-state index is 0.721. The van der Waals surface area contributed by atoms with Crippen LogP contribution in [0.4, 0.5) is 5.69 Å². The first kappa shape index (κ1) is 11.0. The van der Waals surface area contributed by atoms with Crippen molar-refractivity contribution >= 4 is 16.5 Å². The Morgan fingerprint density at radius 2 is 1.81 bits per heavy atom. The molecule has 0 saturated carbocycles. The summed E-state index contributed by atoms with van der Waals surface area (Å²) in [6.07, 6.45) is 1.22. The second-order valence-corrected chi connectivity index (χ2v) is 4.42. The van der Waals surface area contributed by atoms with Gasteiger partial charge in [0, 0.05) is 17.6 Å². The zero-order valence-corrected chi connectivity index (χ0v) is 10.0. The fourth-order valence-electron chi connectivity index (χ4n) is 1.81. The zero-order chi connectivity index (χ0) is 11.4. The van der Waals surface area contributed by atoms with Crippen molar-refractivity contribution in [1.82, 2.24) is 0 Å². The molecule has 84 valence electrons. The van der Waals surface area contributed by atoms with Crippen LogP contribution in [0.5, 0.6) is 0 Å². The van der Waals surface area contributed by atoms with Gasteiger partial charge in [-0.15, -0.1) is 0 Å². The van der Waals surface area contributed by atoms with Crippen molar-refractivity contribution in [2.24, 2.45) is 5.92 Å². The number of hydrogen-bond acceptors (Lipinski definition) is 1. The van der Waals surface area contributed by atoms with Crippen LogP contribution in [0.1, 0.15) is 20.3 Å². The average molecular weight is 213 g/mol. The van der Waals surface area contributed by atoms with E-state index in [9.17, 15) is 0 Å².